The van der Waals surface area contributed by atoms with E-state index in [1.54, 1.807) is 19.1 Å². The Morgan fingerprint density at radius 3 is 2.44 bits per heavy atom. The number of furan rings is 1. The van der Waals surface area contributed by atoms with Gasteiger partial charge in [0.15, 0.2) is 0 Å². The summed E-state index contributed by atoms with van der Waals surface area (Å²) < 4.78 is 33.1. The lowest BCUT2D eigenvalue weighted by Crippen LogP contribution is -2.28. The van der Waals surface area contributed by atoms with Crippen molar-refractivity contribution < 1.29 is 22.8 Å². The predicted octanol–water partition coefficient (Wildman–Crippen LogP) is 4.50. The lowest BCUT2D eigenvalue weighted by Gasteiger charge is -2.13. The summed E-state index contributed by atoms with van der Waals surface area (Å²) in [6.07, 6.45) is 1.37. The largest absolute Gasteiger partial charge is 0.469 e. The highest BCUT2D eigenvalue weighted by Crippen LogP contribution is 2.21. The molecule has 0 bridgehead atoms. The second-order valence-electron chi connectivity index (χ2n) is 7.51. The molecule has 0 saturated carbocycles. The Kier molecular flexibility index (Phi) is 7.21. The summed E-state index contributed by atoms with van der Waals surface area (Å²) >= 11 is 0. The molecule has 9 heteroatoms. The molecule has 7 nitrogen and oxygen atoms in total. The average Bonchev–Trinajstić information content (AvgIpc) is 3.16. The van der Waals surface area contributed by atoms with Crippen LogP contribution >= 0.6 is 0 Å². The van der Waals surface area contributed by atoms with Crippen LogP contribution in [0.2, 0.25) is 0 Å². The molecular weight excluding hydrogens is 418 g/mol. The molecule has 0 spiro atoms. The van der Waals surface area contributed by atoms with Crippen molar-refractivity contribution in [2.75, 3.05) is 24.7 Å². The summed E-state index contributed by atoms with van der Waals surface area (Å²) in [5.41, 5.74) is 1.76. The van der Waals surface area contributed by atoms with Gasteiger partial charge in [0.25, 0.3) is 5.91 Å². The summed E-state index contributed by atoms with van der Waals surface area (Å²) in [5.74, 6) is -1.07. The van der Waals surface area contributed by atoms with Crippen LogP contribution in [0.25, 0.3) is 0 Å². The number of carbonyl (C=O) groups is 2. The molecule has 0 aliphatic heterocycles. The first-order valence-corrected chi connectivity index (χ1v) is 9.85. The Balaban J connectivity index is 1.61. The van der Waals surface area contributed by atoms with Crippen molar-refractivity contribution in [2.45, 2.75) is 20.0 Å². The van der Waals surface area contributed by atoms with Crippen LogP contribution in [0.1, 0.15) is 27.2 Å². The zero-order chi connectivity index (χ0) is 23.3. The van der Waals surface area contributed by atoms with Crippen LogP contribution in [0.15, 0.2) is 53.1 Å². The highest BCUT2D eigenvalue weighted by atomic mass is 19.1. The molecular formula is C23H24F2N4O3. The van der Waals surface area contributed by atoms with E-state index in [1.165, 1.54) is 30.5 Å². The second kappa shape index (κ2) is 10.1. The van der Waals surface area contributed by atoms with Gasteiger partial charge in [0.2, 0.25) is 0 Å². The first-order valence-electron chi connectivity index (χ1n) is 9.85. The number of amides is 3. The van der Waals surface area contributed by atoms with E-state index in [0.717, 1.165) is 11.6 Å². The van der Waals surface area contributed by atoms with Gasteiger partial charge in [-0.1, -0.05) is 6.07 Å². The molecule has 0 fully saturated rings. The molecule has 1 heterocycles. The molecule has 1 aromatic heterocycles. The minimum atomic E-state index is -0.648. The maximum Gasteiger partial charge on any atom is 0.319 e. The molecule has 3 N–H and O–H groups in total. The van der Waals surface area contributed by atoms with Gasteiger partial charge < -0.3 is 25.3 Å². The van der Waals surface area contributed by atoms with Gasteiger partial charge in [-0.2, -0.15) is 0 Å². The SMILES string of the molecule is Cc1occc1C(=O)Nc1cc(NC(=O)NCc2ccc(F)c(CN(C)C)c2)ccc1F. The van der Waals surface area contributed by atoms with Crippen LogP contribution in [0.4, 0.5) is 25.0 Å². The number of anilines is 2. The first kappa shape index (κ1) is 23.0. The van der Waals surface area contributed by atoms with Gasteiger partial charge in [-0.3, -0.25) is 4.79 Å². The van der Waals surface area contributed by atoms with Crippen LogP contribution in [-0.4, -0.2) is 30.9 Å². The third-order valence-electron chi connectivity index (χ3n) is 4.63. The highest BCUT2D eigenvalue weighted by Gasteiger charge is 2.15. The summed E-state index contributed by atoms with van der Waals surface area (Å²) in [5, 5.41) is 7.73. The maximum atomic E-state index is 14.1. The van der Waals surface area contributed by atoms with Gasteiger partial charge in [-0.25, -0.2) is 13.6 Å². The van der Waals surface area contributed by atoms with E-state index in [4.69, 9.17) is 4.42 Å². The standard InChI is InChI=1S/C23H24F2N4O3/c1-14-18(8-9-32-14)22(30)28-21-11-17(5-7-20(21)25)27-23(31)26-12-15-4-6-19(24)16(10-15)13-29(2)3/h4-11H,12-13H2,1-3H3,(H,28,30)(H2,26,27,31). The molecule has 3 aromatic rings. The Morgan fingerprint density at radius 1 is 1.00 bits per heavy atom. The molecule has 0 unspecified atom stereocenters. The van der Waals surface area contributed by atoms with Crippen molar-refractivity contribution >= 4 is 23.3 Å². The average molecular weight is 442 g/mol. The number of benzene rings is 2. The lowest BCUT2D eigenvalue weighted by molar-refractivity contribution is 0.102. The molecule has 0 atom stereocenters. The highest BCUT2D eigenvalue weighted by molar-refractivity contribution is 6.05. The van der Waals surface area contributed by atoms with E-state index in [9.17, 15) is 18.4 Å². The Hall–Kier alpha value is -3.72. The van der Waals surface area contributed by atoms with E-state index in [2.05, 4.69) is 16.0 Å². The molecule has 3 rings (SSSR count). The lowest BCUT2D eigenvalue weighted by atomic mass is 10.1. The number of nitrogens with zero attached hydrogens (tertiary/aromatic N) is 1. The molecule has 3 amide bonds. The van der Waals surface area contributed by atoms with E-state index < -0.39 is 17.8 Å². The van der Waals surface area contributed by atoms with Crippen molar-refractivity contribution in [3.8, 4) is 0 Å². The molecule has 2 aromatic carbocycles. The van der Waals surface area contributed by atoms with Crippen LogP contribution in [0, 0.1) is 18.6 Å². The fraction of sp³-hybridized carbons (Fsp3) is 0.217. The normalized spacial score (nSPS) is 10.8. The zero-order valence-electron chi connectivity index (χ0n) is 18.0. The molecule has 168 valence electrons. The summed E-state index contributed by atoms with van der Waals surface area (Å²) in [7, 11) is 3.68. The minimum Gasteiger partial charge on any atom is -0.469 e. The van der Waals surface area contributed by atoms with E-state index >= 15 is 0 Å². The molecule has 32 heavy (non-hydrogen) atoms. The number of hydrogen-bond acceptors (Lipinski definition) is 4. The van der Waals surface area contributed by atoms with Crippen molar-refractivity contribution in [1.29, 1.82) is 0 Å². The zero-order valence-corrected chi connectivity index (χ0v) is 18.0. The van der Waals surface area contributed by atoms with Gasteiger partial charge in [-0.15, -0.1) is 0 Å². The fourth-order valence-corrected chi connectivity index (χ4v) is 3.07. The number of carbonyl (C=O) groups excluding carboxylic acids is 2. The topological polar surface area (TPSA) is 86.6 Å². The molecule has 0 aliphatic rings. The van der Waals surface area contributed by atoms with E-state index in [0.29, 0.717) is 17.9 Å². The van der Waals surface area contributed by atoms with Gasteiger partial charge in [0.05, 0.1) is 17.5 Å². The van der Waals surface area contributed by atoms with Crippen molar-refractivity contribution in [3.63, 3.8) is 0 Å². The summed E-state index contributed by atoms with van der Waals surface area (Å²) in [6.45, 7) is 2.24. The molecule has 0 saturated heterocycles. The number of halogens is 2. The van der Waals surface area contributed by atoms with Gasteiger partial charge in [0, 0.05) is 24.3 Å². The first-order chi connectivity index (χ1) is 15.2. The Labute approximate surface area is 184 Å². The minimum absolute atomic E-state index is 0.0831. The number of rotatable bonds is 7. The summed E-state index contributed by atoms with van der Waals surface area (Å²) in [4.78, 5) is 26.4. The van der Waals surface area contributed by atoms with E-state index in [-0.39, 0.29) is 29.3 Å². The molecule has 0 radical (unpaired) electrons. The number of hydrogen-bond donors (Lipinski definition) is 3. The predicted molar refractivity (Wildman–Crippen MR) is 117 cm³/mol. The van der Waals surface area contributed by atoms with Crippen LogP contribution < -0.4 is 16.0 Å². The summed E-state index contributed by atoms with van der Waals surface area (Å²) in [6, 6.07) is 9.44. The van der Waals surface area contributed by atoms with Crippen molar-refractivity contribution in [2.24, 2.45) is 0 Å². The van der Waals surface area contributed by atoms with Gasteiger partial charge >= 0.3 is 6.03 Å². The third kappa shape index (κ3) is 5.92. The van der Waals surface area contributed by atoms with Gasteiger partial charge in [-0.05, 0) is 63.0 Å². The van der Waals surface area contributed by atoms with Crippen molar-refractivity contribution in [3.05, 3.63) is 82.8 Å². The van der Waals surface area contributed by atoms with Gasteiger partial charge in [0.1, 0.15) is 17.4 Å². The smallest absolute Gasteiger partial charge is 0.319 e. The fourth-order valence-electron chi connectivity index (χ4n) is 3.07. The Bertz CT molecular complexity index is 1130. The quantitative estimate of drug-likeness (QED) is 0.503. The second-order valence-corrected chi connectivity index (χ2v) is 7.51. The number of urea groups is 1. The number of aryl methyl sites for hydroxylation is 1. The Morgan fingerprint density at radius 2 is 1.75 bits per heavy atom. The monoisotopic (exact) mass is 442 g/mol. The van der Waals surface area contributed by atoms with E-state index in [1.807, 2.05) is 19.0 Å². The molecule has 0 aliphatic carbocycles. The van der Waals surface area contributed by atoms with Crippen LogP contribution in [0.3, 0.4) is 0 Å². The maximum absolute atomic E-state index is 14.1. The number of nitrogens with one attached hydrogen (secondary N) is 3. The third-order valence-corrected chi connectivity index (χ3v) is 4.63. The van der Waals surface area contributed by atoms with Crippen molar-refractivity contribution in [1.82, 2.24) is 10.2 Å². The van der Waals surface area contributed by atoms with Crippen LogP contribution in [0.5, 0.6) is 0 Å². The van der Waals surface area contributed by atoms with Crippen LogP contribution in [-0.2, 0) is 13.1 Å².